The van der Waals surface area contributed by atoms with Crippen LogP contribution >= 0.6 is 0 Å². The third-order valence-corrected chi connectivity index (χ3v) is 5.79. The molecule has 1 aliphatic heterocycles. The van der Waals surface area contributed by atoms with Crippen LogP contribution < -0.4 is 24.0 Å². The summed E-state index contributed by atoms with van der Waals surface area (Å²) in [4.78, 5) is 0. The van der Waals surface area contributed by atoms with Crippen LogP contribution in [0.5, 0.6) is 0 Å². The Morgan fingerprint density at radius 1 is 0.840 bits per heavy atom. The van der Waals surface area contributed by atoms with Crippen LogP contribution in [0.2, 0.25) is 0 Å². The van der Waals surface area contributed by atoms with Crippen LogP contribution in [0.25, 0.3) is 0 Å². The summed E-state index contributed by atoms with van der Waals surface area (Å²) in [6.45, 7) is 7.09. The lowest BCUT2D eigenvalue weighted by atomic mass is 9.97. The molecule has 0 amide bonds. The molecule has 0 aliphatic carbocycles. The first-order valence-electron chi connectivity index (χ1n) is 10.3. The minimum absolute atomic E-state index is 0. The van der Waals surface area contributed by atoms with Gasteiger partial charge in [0.1, 0.15) is 13.1 Å². The van der Waals surface area contributed by atoms with Crippen molar-refractivity contribution in [3.8, 4) is 0 Å². The predicted octanol–water partition coefficient (Wildman–Crippen LogP) is 2.09. The van der Waals surface area contributed by atoms with E-state index in [1.807, 2.05) is 0 Å². The summed E-state index contributed by atoms with van der Waals surface area (Å²) in [5.74, 6) is 0. The average Bonchev–Trinajstić information content (AvgIpc) is 2.60. The molecule has 0 bridgehead atoms. The highest BCUT2D eigenvalue weighted by atomic mass is 127. The quantitative estimate of drug-likeness (QED) is 0.288. The molecule has 0 spiro atoms. The number of rotatable bonds is 12. The second-order valence-electron chi connectivity index (χ2n) is 7.74. The maximum absolute atomic E-state index is 9.56. The third kappa shape index (κ3) is 7.96. The van der Waals surface area contributed by atoms with E-state index >= 15 is 0 Å². The first-order valence-corrected chi connectivity index (χ1v) is 10.3. The van der Waals surface area contributed by atoms with Gasteiger partial charge in [-0.3, -0.25) is 0 Å². The maximum Gasteiger partial charge on any atom is 0.105 e. The largest absolute Gasteiger partial charge is 1.00 e. The second kappa shape index (κ2) is 13.1. The number of nitrogens with zero attached hydrogens (tertiary/aromatic N) is 1. The fourth-order valence-corrected chi connectivity index (χ4v) is 4.22. The number of halogens is 1. The monoisotopic (exact) mass is 459 g/mol. The molecular formula is C22H38INO. The number of hydrogen-bond acceptors (Lipinski definition) is 1. The van der Waals surface area contributed by atoms with Gasteiger partial charge in [0.2, 0.25) is 0 Å². The standard InChI is InChI=1S/C22H38NO.HI/c1-2-3-4-5-6-7-8-9-12-16-23(18-19-24)17-15-21-13-10-11-14-22(21)20-23;/h10-11,13-14,24H,2-9,12,15-20H2,1H3;1H/q+1;/p-1. The number of aliphatic hydroxyl groups excluding tert-OH is 1. The molecule has 1 atom stereocenters. The molecular weight excluding hydrogens is 421 g/mol. The van der Waals surface area contributed by atoms with Gasteiger partial charge in [-0.15, -0.1) is 0 Å². The van der Waals surface area contributed by atoms with Crippen molar-refractivity contribution in [2.45, 2.75) is 77.7 Å². The molecule has 1 heterocycles. The molecule has 1 unspecified atom stereocenters. The minimum atomic E-state index is 0. The summed E-state index contributed by atoms with van der Waals surface area (Å²) < 4.78 is 1.10. The molecule has 0 aromatic heterocycles. The van der Waals surface area contributed by atoms with E-state index in [2.05, 4.69) is 31.2 Å². The summed E-state index contributed by atoms with van der Waals surface area (Å²) in [7, 11) is 0. The number of unbranched alkanes of at least 4 members (excludes halogenated alkanes) is 8. The van der Waals surface area contributed by atoms with Crippen LogP contribution in [0.4, 0.5) is 0 Å². The average molecular weight is 459 g/mol. The van der Waals surface area contributed by atoms with Crippen molar-refractivity contribution < 1.29 is 33.6 Å². The Morgan fingerprint density at radius 2 is 1.44 bits per heavy atom. The molecule has 0 radical (unpaired) electrons. The number of fused-ring (bicyclic) bond motifs is 1. The molecule has 2 nitrogen and oxygen atoms in total. The Labute approximate surface area is 172 Å². The van der Waals surface area contributed by atoms with Gasteiger partial charge in [0, 0.05) is 12.0 Å². The molecule has 1 aromatic rings. The SMILES string of the molecule is CCCCCCCCCCC[N+]1(CCO)CCc2ccccc2C1.[I-]. The zero-order chi connectivity index (χ0) is 17.1. The third-order valence-electron chi connectivity index (χ3n) is 5.79. The van der Waals surface area contributed by atoms with E-state index in [-0.39, 0.29) is 24.0 Å². The Morgan fingerprint density at radius 3 is 2.08 bits per heavy atom. The van der Waals surface area contributed by atoms with Gasteiger partial charge < -0.3 is 33.6 Å². The smallest absolute Gasteiger partial charge is 0.105 e. The van der Waals surface area contributed by atoms with E-state index in [0.717, 1.165) is 17.6 Å². The molecule has 0 saturated carbocycles. The first kappa shape index (κ1) is 22.9. The van der Waals surface area contributed by atoms with Crippen molar-refractivity contribution in [3.63, 3.8) is 0 Å². The van der Waals surface area contributed by atoms with Crippen LogP contribution in [-0.2, 0) is 13.0 Å². The molecule has 3 heteroatoms. The van der Waals surface area contributed by atoms with E-state index in [1.165, 1.54) is 88.4 Å². The van der Waals surface area contributed by atoms with Gasteiger partial charge in [-0.1, -0.05) is 76.1 Å². The van der Waals surface area contributed by atoms with Gasteiger partial charge in [-0.2, -0.15) is 0 Å². The van der Waals surface area contributed by atoms with Crippen molar-refractivity contribution in [3.05, 3.63) is 35.4 Å². The number of quaternary nitrogens is 1. The molecule has 1 aromatic carbocycles. The van der Waals surface area contributed by atoms with Crippen LogP contribution in [-0.4, -0.2) is 35.8 Å². The molecule has 0 saturated heterocycles. The van der Waals surface area contributed by atoms with Crippen LogP contribution in [0.15, 0.2) is 24.3 Å². The van der Waals surface area contributed by atoms with Crippen molar-refractivity contribution >= 4 is 0 Å². The summed E-state index contributed by atoms with van der Waals surface area (Å²) in [6, 6.07) is 8.89. The molecule has 144 valence electrons. The van der Waals surface area contributed by atoms with Gasteiger partial charge in [0.05, 0.1) is 19.7 Å². The lowest BCUT2D eigenvalue weighted by Gasteiger charge is -2.42. The van der Waals surface area contributed by atoms with Crippen molar-refractivity contribution in [1.82, 2.24) is 0 Å². The minimum Gasteiger partial charge on any atom is -1.00 e. The maximum atomic E-state index is 9.56. The van der Waals surface area contributed by atoms with Gasteiger partial charge >= 0.3 is 0 Å². The van der Waals surface area contributed by atoms with E-state index in [0.29, 0.717) is 6.61 Å². The van der Waals surface area contributed by atoms with Crippen LogP contribution in [0.3, 0.4) is 0 Å². The Balaban J connectivity index is 0.00000312. The van der Waals surface area contributed by atoms with Crippen LogP contribution in [0.1, 0.15) is 75.8 Å². The highest BCUT2D eigenvalue weighted by molar-refractivity contribution is 5.27. The number of aliphatic hydroxyl groups is 1. The first-order chi connectivity index (χ1) is 11.8. The fourth-order valence-electron chi connectivity index (χ4n) is 4.22. The predicted molar refractivity (Wildman–Crippen MR) is 103 cm³/mol. The Kier molecular flexibility index (Phi) is 12.0. The normalized spacial score (nSPS) is 19.3. The van der Waals surface area contributed by atoms with Crippen molar-refractivity contribution in [1.29, 1.82) is 0 Å². The summed E-state index contributed by atoms with van der Waals surface area (Å²) >= 11 is 0. The molecule has 0 fully saturated rings. The highest BCUT2D eigenvalue weighted by Gasteiger charge is 2.31. The van der Waals surface area contributed by atoms with E-state index in [9.17, 15) is 5.11 Å². The fraction of sp³-hybridized carbons (Fsp3) is 0.727. The molecule has 1 aliphatic rings. The van der Waals surface area contributed by atoms with Crippen molar-refractivity contribution in [2.24, 2.45) is 0 Å². The zero-order valence-corrected chi connectivity index (χ0v) is 18.3. The van der Waals surface area contributed by atoms with E-state index in [1.54, 1.807) is 0 Å². The van der Waals surface area contributed by atoms with Crippen LogP contribution in [0, 0.1) is 0 Å². The summed E-state index contributed by atoms with van der Waals surface area (Å²) in [5.41, 5.74) is 3.03. The Hall–Kier alpha value is -0.130. The van der Waals surface area contributed by atoms with Gasteiger partial charge in [-0.05, 0) is 18.4 Å². The summed E-state index contributed by atoms with van der Waals surface area (Å²) in [6.07, 6.45) is 13.7. The number of hydrogen-bond donors (Lipinski definition) is 1. The molecule has 25 heavy (non-hydrogen) atoms. The van der Waals surface area contributed by atoms with E-state index < -0.39 is 0 Å². The van der Waals surface area contributed by atoms with E-state index in [4.69, 9.17) is 0 Å². The van der Waals surface area contributed by atoms with Gasteiger partial charge in [0.15, 0.2) is 0 Å². The van der Waals surface area contributed by atoms with Gasteiger partial charge in [0.25, 0.3) is 0 Å². The lowest BCUT2D eigenvalue weighted by molar-refractivity contribution is -0.943. The molecule has 2 rings (SSSR count). The van der Waals surface area contributed by atoms with Crippen molar-refractivity contribution in [2.75, 3.05) is 26.2 Å². The summed E-state index contributed by atoms with van der Waals surface area (Å²) in [5, 5.41) is 9.56. The molecule has 1 N–H and O–H groups in total. The lowest BCUT2D eigenvalue weighted by Crippen LogP contribution is -3.00. The zero-order valence-electron chi connectivity index (χ0n) is 16.2. The van der Waals surface area contributed by atoms with Gasteiger partial charge in [-0.25, -0.2) is 0 Å². The second-order valence-corrected chi connectivity index (χ2v) is 7.74. The Bertz CT molecular complexity index is 465. The number of benzene rings is 1. The topological polar surface area (TPSA) is 20.2 Å². The highest BCUT2D eigenvalue weighted by Crippen LogP contribution is 2.26.